The van der Waals surface area contributed by atoms with Crippen LogP contribution in [0.4, 0.5) is 5.69 Å². The Labute approximate surface area is 121 Å². The van der Waals surface area contributed by atoms with Crippen molar-refractivity contribution in [3.05, 3.63) is 29.3 Å². The smallest absolute Gasteiger partial charge is 0.0709 e. The van der Waals surface area contributed by atoms with Crippen molar-refractivity contribution in [2.75, 3.05) is 18.0 Å². The Morgan fingerprint density at radius 2 is 2.20 bits per heavy atom. The third-order valence-corrected chi connectivity index (χ3v) is 5.29. The van der Waals surface area contributed by atoms with Gasteiger partial charge in [0, 0.05) is 31.2 Å². The van der Waals surface area contributed by atoms with Crippen molar-refractivity contribution < 1.29 is 5.11 Å². The maximum absolute atomic E-state index is 10.8. The zero-order chi connectivity index (χ0) is 14.2. The number of hydrogen-bond donors (Lipinski definition) is 2. The standard InChI is InChI=1S/C17H26N2O/c1-13-5-4-6-14(11-18)16(13)19-10-9-17(20)8-3-2-7-15(17)12-19/h4-6,15,20H,2-3,7-12,18H2,1H3. The lowest BCUT2D eigenvalue weighted by molar-refractivity contribution is -0.0613. The SMILES string of the molecule is Cc1cccc(CN)c1N1CCC2(O)CCCCC2C1. The van der Waals surface area contributed by atoms with Crippen LogP contribution in [0.2, 0.25) is 0 Å². The van der Waals surface area contributed by atoms with Gasteiger partial charge in [-0.2, -0.15) is 0 Å². The largest absolute Gasteiger partial charge is 0.389 e. The van der Waals surface area contributed by atoms with Gasteiger partial charge in [-0.1, -0.05) is 31.0 Å². The molecule has 0 spiro atoms. The zero-order valence-corrected chi connectivity index (χ0v) is 12.4. The second kappa shape index (κ2) is 5.38. The van der Waals surface area contributed by atoms with Crippen LogP contribution < -0.4 is 10.6 Å². The number of nitrogens with zero attached hydrogens (tertiary/aromatic N) is 1. The van der Waals surface area contributed by atoms with Gasteiger partial charge >= 0.3 is 0 Å². The summed E-state index contributed by atoms with van der Waals surface area (Å²) in [5.41, 5.74) is 9.34. The molecule has 1 aromatic rings. The first-order chi connectivity index (χ1) is 9.64. The molecule has 110 valence electrons. The average Bonchev–Trinajstić information content (AvgIpc) is 2.46. The Morgan fingerprint density at radius 3 is 3.00 bits per heavy atom. The molecule has 1 aliphatic heterocycles. The van der Waals surface area contributed by atoms with Gasteiger partial charge in [-0.3, -0.25) is 0 Å². The van der Waals surface area contributed by atoms with E-state index < -0.39 is 5.60 Å². The number of aryl methyl sites for hydroxylation is 1. The molecule has 1 aromatic carbocycles. The van der Waals surface area contributed by atoms with Crippen LogP contribution in [0.3, 0.4) is 0 Å². The van der Waals surface area contributed by atoms with Crippen molar-refractivity contribution >= 4 is 5.69 Å². The molecule has 3 rings (SSSR count). The van der Waals surface area contributed by atoms with Crippen molar-refractivity contribution in [1.29, 1.82) is 0 Å². The lowest BCUT2D eigenvalue weighted by atomic mass is 9.71. The first-order valence-electron chi connectivity index (χ1n) is 7.90. The van der Waals surface area contributed by atoms with E-state index in [1.54, 1.807) is 0 Å². The van der Waals surface area contributed by atoms with Crippen molar-refractivity contribution in [2.24, 2.45) is 11.7 Å². The molecule has 1 aliphatic carbocycles. The Morgan fingerprint density at radius 1 is 1.35 bits per heavy atom. The van der Waals surface area contributed by atoms with E-state index >= 15 is 0 Å². The quantitative estimate of drug-likeness (QED) is 0.871. The predicted molar refractivity (Wildman–Crippen MR) is 82.8 cm³/mol. The summed E-state index contributed by atoms with van der Waals surface area (Å²) in [7, 11) is 0. The molecule has 2 fully saturated rings. The van der Waals surface area contributed by atoms with E-state index in [2.05, 4.69) is 30.0 Å². The number of aliphatic hydroxyl groups is 1. The highest BCUT2D eigenvalue weighted by Crippen LogP contribution is 2.41. The van der Waals surface area contributed by atoms with Gasteiger partial charge in [-0.05, 0) is 37.3 Å². The topological polar surface area (TPSA) is 49.5 Å². The van der Waals surface area contributed by atoms with E-state index in [4.69, 9.17) is 5.73 Å². The van der Waals surface area contributed by atoms with E-state index in [0.29, 0.717) is 12.5 Å². The van der Waals surface area contributed by atoms with Crippen LogP contribution in [-0.4, -0.2) is 23.8 Å². The van der Waals surface area contributed by atoms with Crippen LogP contribution >= 0.6 is 0 Å². The third-order valence-electron chi connectivity index (χ3n) is 5.29. The third kappa shape index (κ3) is 2.33. The van der Waals surface area contributed by atoms with E-state index in [9.17, 15) is 5.11 Å². The van der Waals surface area contributed by atoms with Gasteiger partial charge < -0.3 is 15.7 Å². The van der Waals surface area contributed by atoms with Crippen molar-refractivity contribution in [2.45, 2.75) is 51.2 Å². The Bertz CT molecular complexity index is 488. The highest BCUT2D eigenvalue weighted by Gasteiger charge is 2.43. The number of piperidine rings is 1. The second-order valence-corrected chi connectivity index (χ2v) is 6.53. The number of hydrogen-bond acceptors (Lipinski definition) is 3. The fourth-order valence-corrected chi connectivity index (χ4v) is 4.11. The number of fused-ring (bicyclic) bond motifs is 1. The average molecular weight is 274 g/mol. The summed E-state index contributed by atoms with van der Waals surface area (Å²) in [6, 6.07) is 6.38. The summed E-state index contributed by atoms with van der Waals surface area (Å²) in [6.45, 7) is 4.68. The monoisotopic (exact) mass is 274 g/mol. The lowest BCUT2D eigenvalue weighted by Gasteiger charge is -2.48. The van der Waals surface area contributed by atoms with Crippen LogP contribution in [0, 0.1) is 12.8 Å². The molecule has 0 radical (unpaired) electrons. The molecular weight excluding hydrogens is 248 g/mol. The molecule has 0 bridgehead atoms. The zero-order valence-electron chi connectivity index (χ0n) is 12.4. The molecule has 1 saturated carbocycles. The normalized spacial score (nSPS) is 30.1. The Hall–Kier alpha value is -1.06. The number of nitrogens with two attached hydrogens (primary N) is 1. The summed E-state index contributed by atoms with van der Waals surface area (Å²) in [6.07, 6.45) is 5.50. The van der Waals surface area contributed by atoms with Gasteiger partial charge in [0.1, 0.15) is 0 Å². The summed E-state index contributed by atoms with van der Waals surface area (Å²) in [5, 5.41) is 10.8. The minimum atomic E-state index is -0.402. The summed E-state index contributed by atoms with van der Waals surface area (Å²) in [5.74, 6) is 0.426. The predicted octanol–water partition coefficient (Wildman–Crippen LogP) is 2.59. The van der Waals surface area contributed by atoms with Crippen LogP contribution in [0.15, 0.2) is 18.2 Å². The fraction of sp³-hybridized carbons (Fsp3) is 0.647. The van der Waals surface area contributed by atoms with Crippen molar-refractivity contribution in [3.63, 3.8) is 0 Å². The lowest BCUT2D eigenvalue weighted by Crippen LogP contribution is -2.53. The molecule has 3 heteroatoms. The molecule has 2 unspecified atom stereocenters. The molecule has 0 amide bonds. The van der Waals surface area contributed by atoms with Crippen LogP contribution in [-0.2, 0) is 6.54 Å². The molecule has 1 saturated heterocycles. The molecule has 3 nitrogen and oxygen atoms in total. The Kier molecular flexibility index (Phi) is 3.74. The number of benzene rings is 1. The van der Waals surface area contributed by atoms with Gasteiger partial charge in [0.25, 0.3) is 0 Å². The first-order valence-corrected chi connectivity index (χ1v) is 7.90. The van der Waals surface area contributed by atoms with Crippen molar-refractivity contribution in [3.8, 4) is 0 Å². The number of para-hydroxylation sites is 1. The maximum atomic E-state index is 10.8. The molecule has 3 N–H and O–H groups in total. The second-order valence-electron chi connectivity index (χ2n) is 6.53. The molecule has 2 aliphatic rings. The summed E-state index contributed by atoms with van der Waals surface area (Å²) >= 11 is 0. The first kappa shape index (κ1) is 13.9. The van der Waals surface area contributed by atoms with Gasteiger partial charge in [-0.25, -0.2) is 0 Å². The minimum absolute atomic E-state index is 0.402. The van der Waals surface area contributed by atoms with Gasteiger partial charge in [0.2, 0.25) is 0 Å². The fourth-order valence-electron chi connectivity index (χ4n) is 4.11. The van der Waals surface area contributed by atoms with Crippen LogP contribution in [0.5, 0.6) is 0 Å². The summed E-state index contributed by atoms with van der Waals surface area (Å²) < 4.78 is 0. The van der Waals surface area contributed by atoms with Crippen molar-refractivity contribution in [1.82, 2.24) is 0 Å². The van der Waals surface area contributed by atoms with Gasteiger partial charge in [-0.15, -0.1) is 0 Å². The molecule has 2 atom stereocenters. The molecule has 20 heavy (non-hydrogen) atoms. The van der Waals surface area contributed by atoms with Gasteiger partial charge in [0.15, 0.2) is 0 Å². The Balaban J connectivity index is 1.86. The summed E-state index contributed by atoms with van der Waals surface area (Å²) in [4.78, 5) is 2.46. The highest BCUT2D eigenvalue weighted by molar-refractivity contribution is 5.59. The van der Waals surface area contributed by atoms with Crippen LogP contribution in [0.1, 0.15) is 43.2 Å². The maximum Gasteiger partial charge on any atom is 0.0709 e. The number of rotatable bonds is 2. The molecule has 1 heterocycles. The van der Waals surface area contributed by atoms with Gasteiger partial charge in [0.05, 0.1) is 5.60 Å². The van der Waals surface area contributed by atoms with E-state index in [1.165, 1.54) is 29.7 Å². The number of anilines is 1. The highest BCUT2D eigenvalue weighted by atomic mass is 16.3. The molecule has 0 aromatic heterocycles. The van der Waals surface area contributed by atoms with E-state index in [0.717, 1.165) is 32.4 Å². The van der Waals surface area contributed by atoms with E-state index in [1.807, 2.05) is 0 Å². The molecular formula is C17H26N2O. The van der Waals surface area contributed by atoms with Crippen LogP contribution in [0.25, 0.3) is 0 Å². The minimum Gasteiger partial charge on any atom is -0.389 e. The van der Waals surface area contributed by atoms with E-state index in [-0.39, 0.29) is 0 Å².